The molecule has 2 rings (SSSR count). The van der Waals surface area contributed by atoms with E-state index >= 15 is 0 Å². The van der Waals surface area contributed by atoms with Gasteiger partial charge >= 0.3 is 6.03 Å². The van der Waals surface area contributed by atoms with E-state index in [1.165, 1.54) is 45.6 Å². The summed E-state index contributed by atoms with van der Waals surface area (Å²) in [6.45, 7) is 2.66. The summed E-state index contributed by atoms with van der Waals surface area (Å²) in [6, 6.07) is 0.672. The van der Waals surface area contributed by atoms with Gasteiger partial charge in [-0.2, -0.15) is 0 Å². The Morgan fingerprint density at radius 3 is 2.05 bits per heavy atom. The minimum absolute atomic E-state index is 0.190. The Morgan fingerprint density at radius 2 is 1.58 bits per heavy atom. The second-order valence-corrected chi connectivity index (χ2v) is 5.94. The third kappa shape index (κ3) is 4.20. The Bertz CT molecular complexity index is 334. The number of nitrogens with one attached hydrogen (secondary N) is 2. The fourth-order valence-electron chi connectivity index (χ4n) is 2.93. The number of imide groups is 1. The summed E-state index contributed by atoms with van der Waals surface area (Å²) in [4.78, 5) is 25.3. The van der Waals surface area contributed by atoms with Crippen LogP contribution in [0.5, 0.6) is 0 Å². The molecule has 0 unspecified atom stereocenters. The van der Waals surface area contributed by atoms with Crippen LogP contribution in [0.25, 0.3) is 0 Å². The van der Waals surface area contributed by atoms with Gasteiger partial charge in [-0.15, -0.1) is 0 Å². The van der Waals surface area contributed by atoms with Crippen LogP contribution in [0, 0.1) is 5.92 Å². The Hall–Kier alpha value is -1.10. The van der Waals surface area contributed by atoms with Crippen LogP contribution in [-0.2, 0) is 4.79 Å². The van der Waals surface area contributed by atoms with Crippen molar-refractivity contribution in [3.8, 4) is 0 Å². The molecule has 2 aliphatic rings. The van der Waals surface area contributed by atoms with Gasteiger partial charge in [-0.3, -0.25) is 15.0 Å². The standard InChI is InChI=1S/C14H25N3O2/c1-10-3-5-11(6-4-10)17(12-7-8-12)9-13(18)16-14(19)15-2/h10-12H,3-9H2,1-2H3,(H2,15,16,18,19). The first-order chi connectivity index (χ1) is 9.10. The molecule has 5 heteroatoms. The van der Waals surface area contributed by atoms with Gasteiger partial charge in [0.15, 0.2) is 0 Å². The molecule has 0 spiro atoms. The van der Waals surface area contributed by atoms with E-state index in [1.807, 2.05) is 0 Å². The van der Waals surface area contributed by atoms with Crippen LogP contribution in [0.15, 0.2) is 0 Å². The summed E-state index contributed by atoms with van der Waals surface area (Å²) in [5, 5.41) is 4.77. The fraction of sp³-hybridized carbons (Fsp3) is 0.857. The normalized spacial score (nSPS) is 27.1. The van der Waals surface area contributed by atoms with Crippen LogP contribution in [0.4, 0.5) is 4.79 Å². The average Bonchev–Trinajstić information content (AvgIpc) is 3.21. The highest BCUT2D eigenvalue weighted by Crippen LogP contribution is 2.34. The second kappa shape index (κ2) is 6.37. The van der Waals surface area contributed by atoms with Crippen LogP contribution in [-0.4, -0.2) is 42.5 Å². The molecule has 0 bridgehead atoms. The maximum Gasteiger partial charge on any atom is 0.321 e. The minimum Gasteiger partial charge on any atom is -0.341 e. The summed E-state index contributed by atoms with van der Waals surface area (Å²) in [7, 11) is 1.52. The Kier molecular flexibility index (Phi) is 4.80. The number of urea groups is 1. The third-order valence-electron chi connectivity index (χ3n) is 4.28. The zero-order valence-electron chi connectivity index (χ0n) is 11.9. The SMILES string of the molecule is CNC(=O)NC(=O)CN(C1CCC(C)CC1)C1CC1. The monoisotopic (exact) mass is 267 g/mol. The lowest BCUT2D eigenvalue weighted by Gasteiger charge is -2.35. The van der Waals surface area contributed by atoms with Crippen molar-refractivity contribution in [1.29, 1.82) is 0 Å². The topological polar surface area (TPSA) is 61.4 Å². The fourth-order valence-corrected chi connectivity index (χ4v) is 2.93. The smallest absolute Gasteiger partial charge is 0.321 e. The van der Waals surface area contributed by atoms with Gasteiger partial charge in [0, 0.05) is 19.1 Å². The Labute approximate surface area is 115 Å². The van der Waals surface area contributed by atoms with Crippen molar-refractivity contribution in [2.75, 3.05) is 13.6 Å². The van der Waals surface area contributed by atoms with E-state index in [0.717, 1.165) is 5.92 Å². The molecule has 2 saturated carbocycles. The van der Waals surface area contributed by atoms with Crippen LogP contribution in [0.1, 0.15) is 45.4 Å². The summed E-state index contributed by atoms with van der Waals surface area (Å²) in [6.07, 6.45) is 7.27. The second-order valence-electron chi connectivity index (χ2n) is 5.94. The molecule has 2 aliphatic carbocycles. The summed E-state index contributed by atoms with van der Waals surface area (Å²) < 4.78 is 0. The molecule has 108 valence electrons. The Balaban J connectivity index is 1.86. The van der Waals surface area contributed by atoms with Crippen LogP contribution < -0.4 is 10.6 Å². The number of nitrogens with zero attached hydrogens (tertiary/aromatic N) is 1. The first-order valence-corrected chi connectivity index (χ1v) is 7.37. The molecule has 5 nitrogen and oxygen atoms in total. The first kappa shape index (κ1) is 14.3. The predicted molar refractivity (Wildman–Crippen MR) is 73.7 cm³/mol. The van der Waals surface area contributed by atoms with Gasteiger partial charge in [0.05, 0.1) is 6.54 Å². The van der Waals surface area contributed by atoms with Crippen molar-refractivity contribution in [2.24, 2.45) is 5.92 Å². The lowest BCUT2D eigenvalue weighted by atomic mass is 9.86. The van der Waals surface area contributed by atoms with E-state index in [0.29, 0.717) is 18.6 Å². The van der Waals surface area contributed by atoms with E-state index < -0.39 is 6.03 Å². The largest absolute Gasteiger partial charge is 0.341 e. The van der Waals surface area contributed by atoms with Crippen molar-refractivity contribution >= 4 is 11.9 Å². The molecular formula is C14H25N3O2. The van der Waals surface area contributed by atoms with Crippen molar-refractivity contribution in [3.05, 3.63) is 0 Å². The molecule has 0 aromatic carbocycles. The summed E-state index contributed by atoms with van der Waals surface area (Å²) in [5.74, 6) is 0.627. The maximum atomic E-state index is 11.8. The van der Waals surface area contributed by atoms with Gasteiger partial charge in [-0.25, -0.2) is 4.79 Å². The highest BCUT2D eigenvalue weighted by Gasteiger charge is 2.36. The summed E-state index contributed by atoms with van der Waals surface area (Å²) in [5.41, 5.74) is 0. The minimum atomic E-state index is -0.419. The molecule has 2 fully saturated rings. The van der Waals surface area contributed by atoms with Gasteiger partial charge in [-0.1, -0.05) is 6.92 Å². The lowest BCUT2D eigenvalue weighted by molar-refractivity contribution is -0.122. The number of hydrogen-bond donors (Lipinski definition) is 2. The molecule has 0 saturated heterocycles. The number of hydrogen-bond acceptors (Lipinski definition) is 3. The van der Waals surface area contributed by atoms with Crippen molar-refractivity contribution in [2.45, 2.75) is 57.5 Å². The number of carbonyl (C=O) groups is 2. The van der Waals surface area contributed by atoms with E-state index in [4.69, 9.17) is 0 Å². The third-order valence-corrected chi connectivity index (χ3v) is 4.28. The molecular weight excluding hydrogens is 242 g/mol. The van der Waals surface area contributed by atoms with Crippen LogP contribution in [0.2, 0.25) is 0 Å². The average molecular weight is 267 g/mol. The van der Waals surface area contributed by atoms with Crippen molar-refractivity contribution < 1.29 is 9.59 Å². The van der Waals surface area contributed by atoms with E-state index in [2.05, 4.69) is 22.5 Å². The van der Waals surface area contributed by atoms with E-state index in [-0.39, 0.29) is 5.91 Å². The number of rotatable bonds is 4. The Morgan fingerprint density at radius 1 is 1.05 bits per heavy atom. The number of carbonyl (C=O) groups excluding carboxylic acids is 2. The zero-order chi connectivity index (χ0) is 13.8. The van der Waals surface area contributed by atoms with Crippen molar-refractivity contribution in [3.63, 3.8) is 0 Å². The molecule has 0 atom stereocenters. The highest BCUT2D eigenvalue weighted by molar-refractivity contribution is 5.95. The predicted octanol–water partition coefficient (Wildman–Crippen LogP) is 1.49. The number of amides is 3. The maximum absolute atomic E-state index is 11.8. The van der Waals surface area contributed by atoms with Crippen LogP contribution >= 0.6 is 0 Å². The van der Waals surface area contributed by atoms with E-state index in [1.54, 1.807) is 0 Å². The molecule has 0 aromatic heterocycles. The van der Waals surface area contributed by atoms with Gasteiger partial charge < -0.3 is 5.32 Å². The highest BCUT2D eigenvalue weighted by atomic mass is 16.2. The molecule has 0 aromatic rings. The van der Waals surface area contributed by atoms with Gasteiger partial charge in [0.25, 0.3) is 0 Å². The molecule has 0 heterocycles. The van der Waals surface area contributed by atoms with Crippen molar-refractivity contribution in [1.82, 2.24) is 15.5 Å². The lowest BCUT2D eigenvalue weighted by Crippen LogP contribution is -2.48. The molecule has 0 aliphatic heterocycles. The summed E-state index contributed by atoms with van der Waals surface area (Å²) >= 11 is 0. The van der Waals surface area contributed by atoms with Gasteiger partial charge in [-0.05, 0) is 44.4 Å². The first-order valence-electron chi connectivity index (χ1n) is 7.37. The quantitative estimate of drug-likeness (QED) is 0.811. The zero-order valence-corrected chi connectivity index (χ0v) is 11.9. The molecule has 19 heavy (non-hydrogen) atoms. The molecule has 2 N–H and O–H groups in total. The molecule has 0 radical (unpaired) electrons. The van der Waals surface area contributed by atoms with E-state index in [9.17, 15) is 9.59 Å². The van der Waals surface area contributed by atoms with Gasteiger partial charge in [0.2, 0.25) is 5.91 Å². The van der Waals surface area contributed by atoms with Gasteiger partial charge in [0.1, 0.15) is 0 Å². The molecule has 3 amide bonds. The van der Waals surface area contributed by atoms with Crippen LogP contribution in [0.3, 0.4) is 0 Å².